The molecule has 0 N–H and O–H groups in total. The molecule has 1 aliphatic heterocycles. The fourth-order valence-electron chi connectivity index (χ4n) is 4.09. The molecular formula is C19H24N4O2. The van der Waals surface area contributed by atoms with Crippen molar-refractivity contribution in [3.63, 3.8) is 0 Å². The Kier molecular flexibility index (Phi) is 3.73. The second-order valence-corrected chi connectivity index (χ2v) is 7.90. The second-order valence-electron chi connectivity index (χ2n) is 7.90. The number of nitrogens with zero attached hydrogens (tertiary/aromatic N) is 4. The van der Waals surface area contributed by atoms with E-state index in [1.807, 2.05) is 6.07 Å². The Bertz CT molecular complexity index is 830. The molecule has 0 unspecified atom stereocenters. The van der Waals surface area contributed by atoms with Gasteiger partial charge < -0.3 is 4.52 Å². The van der Waals surface area contributed by atoms with Crippen LogP contribution >= 0.6 is 0 Å². The van der Waals surface area contributed by atoms with Crippen LogP contribution in [0.3, 0.4) is 0 Å². The topological polar surface area (TPSA) is 64.2 Å². The van der Waals surface area contributed by atoms with Gasteiger partial charge in [0.25, 0.3) is 5.56 Å². The van der Waals surface area contributed by atoms with E-state index in [1.165, 1.54) is 31.2 Å². The molecule has 1 saturated heterocycles. The minimum atomic E-state index is 0.0599. The first-order valence-electron chi connectivity index (χ1n) is 9.52. The normalized spacial score (nSPS) is 21.1. The molecule has 0 bridgehead atoms. The van der Waals surface area contributed by atoms with Crippen molar-refractivity contribution in [1.82, 2.24) is 19.8 Å². The number of likely N-dealkylation sites (tertiary alicyclic amines) is 1. The zero-order valence-corrected chi connectivity index (χ0v) is 14.5. The van der Waals surface area contributed by atoms with Crippen LogP contribution < -0.4 is 5.56 Å². The summed E-state index contributed by atoms with van der Waals surface area (Å²) in [6.45, 7) is 3.57. The van der Waals surface area contributed by atoms with Gasteiger partial charge in [0.05, 0.1) is 17.9 Å². The summed E-state index contributed by atoms with van der Waals surface area (Å²) in [5.41, 5.74) is 3.39. The Morgan fingerprint density at radius 3 is 2.84 bits per heavy atom. The zero-order chi connectivity index (χ0) is 16.8. The van der Waals surface area contributed by atoms with Crippen molar-refractivity contribution in [1.29, 1.82) is 0 Å². The standard InChI is InChI=1S/C19H24N4O2/c24-19-7-15-3-1-2-4-17(15)20-23(19)11-13-9-22(10-13)12-16-8-18(25-21-16)14-5-6-14/h7-8,13-14H,1-6,9-12H2. The van der Waals surface area contributed by atoms with Crippen LogP contribution in [-0.2, 0) is 25.9 Å². The molecule has 6 nitrogen and oxygen atoms in total. The molecule has 2 aromatic heterocycles. The molecule has 0 atom stereocenters. The molecule has 2 aromatic rings. The molecule has 0 spiro atoms. The number of hydrogen-bond donors (Lipinski definition) is 0. The number of hydrogen-bond acceptors (Lipinski definition) is 5. The highest BCUT2D eigenvalue weighted by Crippen LogP contribution is 2.40. The lowest BCUT2D eigenvalue weighted by Gasteiger charge is -2.38. The quantitative estimate of drug-likeness (QED) is 0.834. The third-order valence-corrected chi connectivity index (χ3v) is 5.68. The van der Waals surface area contributed by atoms with E-state index in [-0.39, 0.29) is 5.56 Å². The van der Waals surface area contributed by atoms with Gasteiger partial charge in [0.15, 0.2) is 0 Å². The van der Waals surface area contributed by atoms with E-state index in [0.717, 1.165) is 56.2 Å². The predicted molar refractivity (Wildman–Crippen MR) is 92.4 cm³/mol. The van der Waals surface area contributed by atoms with Crippen molar-refractivity contribution in [2.75, 3.05) is 13.1 Å². The molecule has 0 radical (unpaired) electrons. The van der Waals surface area contributed by atoms with Gasteiger partial charge in [-0.25, -0.2) is 4.68 Å². The number of aromatic nitrogens is 3. The fraction of sp³-hybridized carbons (Fsp3) is 0.632. The summed E-state index contributed by atoms with van der Waals surface area (Å²) in [5, 5.41) is 8.82. The predicted octanol–water partition coefficient (Wildman–Crippen LogP) is 2.12. The highest BCUT2D eigenvalue weighted by Gasteiger charge is 2.31. The van der Waals surface area contributed by atoms with Crippen LogP contribution in [0.15, 0.2) is 21.5 Å². The van der Waals surface area contributed by atoms with Crippen molar-refractivity contribution < 1.29 is 4.52 Å². The van der Waals surface area contributed by atoms with E-state index in [2.05, 4.69) is 21.2 Å². The minimum absolute atomic E-state index is 0.0599. The van der Waals surface area contributed by atoms with Crippen molar-refractivity contribution in [2.24, 2.45) is 5.92 Å². The van der Waals surface area contributed by atoms with Crippen LogP contribution in [0.5, 0.6) is 0 Å². The monoisotopic (exact) mass is 340 g/mol. The largest absolute Gasteiger partial charge is 0.361 e. The van der Waals surface area contributed by atoms with Crippen molar-refractivity contribution >= 4 is 0 Å². The van der Waals surface area contributed by atoms with Gasteiger partial charge in [-0.15, -0.1) is 0 Å². The van der Waals surface area contributed by atoms with Crippen molar-refractivity contribution in [3.8, 4) is 0 Å². The number of rotatable bonds is 5. The number of fused-ring (bicyclic) bond motifs is 1. The zero-order valence-electron chi connectivity index (χ0n) is 14.5. The van der Waals surface area contributed by atoms with Crippen LogP contribution in [0, 0.1) is 5.92 Å². The second kappa shape index (κ2) is 6.09. The maximum absolute atomic E-state index is 12.3. The molecule has 0 amide bonds. The summed E-state index contributed by atoms with van der Waals surface area (Å²) in [6.07, 6.45) is 6.88. The number of aryl methyl sites for hydroxylation is 2. The van der Waals surface area contributed by atoms with Gasteiger partial charge in [-0.05, 0) is 44.1 Å². The molecule has 0 aromatic carbocycles. The highest BCUT2D eigenvalue weighted by molar-refractivity contribution is 5.20. The van der Waals surface area contributed by atoms with Crippen molar-refractivity contribution in [3.05, 3.63) is 45.2 Å². The molecule has 5 rings (SSSR count). The summed E-state index contributed by atoms with van der Waals surface area (Å²) in [6, 6.07) is 3.92. The Morgan fingerprint density at radius 1 is 1.16 bits per heavy atom. The minimum Gasteiger partial charge on any atom is -0.361 e. The summed E-state index contributed by atoms with van der Waals surface area (Å²) in [7, 11) is 0. The van der Waals surface area contributed by atoms with Gasteiger partial charge >= 0.3 is 0 Å². The van der Waals surface area contributed by atoms with E-state index < -0.39 is 0 Å². The van der Waals surface area contributed by atoms with E-state index >= 15 is 0 Å². The summed E-state index contributed by atoms with van der Waals surface area (Å²) < 4.78 is 7.10. The highest BCUT2D eigenvalue weighted by atomic mass is 16.5. The van der Waals surface area contributed by atoms with Crippen LogP contribution in [0.25, 0.3) is 0 Å². The third-order valence-electron chi connectivity index (χ3n) is 5.68. The first-order valence-corrected chi connectivity index (χ1v) is 9.52. The lowest BCUT2D eigenvalue weighted by molar-refractivity contribution is 0.0741. The summed E-state index contributed by atoms with van der Waals surface area (Å²) in [4.78, 5) is 14.6. The Morgan fingerprint density at radius 2 is 2.00 bits per heavy atom. The first-order chi connectivity index (χ1) is 12.2. The van der Waals surface area contributed by atoms with Gasteiger partial charge in [-0.2, -0.15) is 5.10 Å². The van der Waals surface area contributed by atoms with Crippen LogP contribution in [-0.4, -0.2) is 32.9 Å². The van der Waals surface area contributed by atoms with Gasteiger partial charge in [-0.3, -0.25) is 9.69 Å². The maximum atomic E-state index is 12.3. The SMILES string of the molecule is O=c1cc2c(nn1CC1CN(Cc3cc(C4CC4)on3)C1)CCCC2. The first kappa shape index (κ1) is 15.3. The van der Waals surface area contributed by atoms with Gasteiger partial charge in [0.2, 0.25) is 0 Å². The molecule has 1 saturated carbocycles. The molecule has 2 fully saturated rings. The molecule has 132 valence electrons. The lowest BCUT2D eigenvalue weighted by Crippen LogP contribution is -2.49. The van der Waals surface area contributed by atoms with Crippen molar-refractivity contribution in [2.45, 2.75) is 57.5 Å². The van der Waals surface area contributed by atoms with Gasteiger partial charge in [0, 0.05) is 43.6 Å². The third kappa shape index (κ3) is 3.15. The lowest BCUT2D eigenvalue weighted by atomic mass is 9.96. The molecule has 3 heterocycles. The maximum Gasteiger partial charge on any atom is 0.267 e. The van der Waals surface area contributed by atoms with Gasteiger partial charge in [0.1, 0.15) is 5.76 Å². The molecular weight excluding hydrogens is 316 g/mol. The van der Waals surface area contributed by atoms with Crippen LogP contribution in [0.2, 0.25) is 0 Å². The smallest absolute Gasteiger partial charge is 0.267 e. The van der Waals surface area contributed by atoms with Crippen LogP contribution in [0.4, 0.5) is 0 Å². The van der Waals surface area contributed by atoms with Crippen LogP contribution in [0.1, 0.15) is 54.3 Å². The fourth-order valence-corrected chi connectivity index (χ4v) is 4.09. The molecule has 6 heteroatoms. The Hall–Kier alpha value is -1.95. The summed E-state index contributed by atoms with van der Waals surface area (Å²) >= 11 is 0. The molecule has 2 aliphatic carbocycles. The van der Waals surface area contributed by atoms with Gasteiger partial charge in [-0.1, -0.05) is 5.16 Å². The van der Waals surface area contributed by atoms with E-state index in [9.17, 15) is 4.79 Å². The molecule has 3 aliphatic rings. The molecule has 25 heavy (non-hydrogen) atoms. The van der Waals surface area contributed by atoms with E-state index in [1.54, 1.807) is 4.68 Å². The van der Waals surface area contributed by atoms with E-state index in [0.29, 0.717) is 11.8 Å². The Labute approximate surface area is 146 Å². The van der Waals surface area contributed by atoms with E-state index in [4.69, 9.17) is 4.52 Å². The average molecular weight is 340 g/mol. The Balaban J connectivity index is 1.17. The average Bonchev–Trinajstić information content (AvgIpc) is 3.33. The summed E-state index contributed by atoms with van der Waals surface area (Å²) in [5.74, 6) is 2.17.